The molecule has 1 aliphatic rings. The number of hydrogen-bond acceptors (Lipinski definition) is 5. The van der Waals surface area contributed by atoms with Crippen LogP contribution in [0.1, 0.15) is 26.0 Å². The standard InChI is InChI=1S/C14H23N5S/c1-3-4-12-9-13(17-10-16-12)19-7-5-18(6-8-19)11(2)14(15)20/h9-11H,3-8H2,1-2H3,(H2,15,20). The van der Waals surface area contributed by atoms with E-state index in [2.05, 4.69) is 39.7 Å². The molecule has 1 fully saturated rings. The van der Waals surface area contributed by atoms with Gasteiger partial charge in [0.15, 0.2) is 0 Å². The molecule has 2 N–H and O–H groups in total. The minimum absolute atomic E-state index is 0.174. The van der Waals surface area contributed by atoms with Gasteiger partial charge in [-0.15, -0.1) is 0 Å². The van der Waals surface area contributed by atoms with Gasteiger partial charge >= 0.3 is 0 Å². The van der Waals surface area contributed by atoms with E-state index in [0.29, 0.717) is 4.99 Å². The van der Waals surface area contributed by atoms with Gasteiger partial charge in [-0.3, -0.25) is 4.90 Å². The van der Waals surface area contributed by atoms with Gasteiger partial charge in [0, 0.05) is 37.9 Å². The van der Waals surface area contributed by atoms with E-state index in [1.165, 1.54) is 0 Å². The Labute approximate surface area is 126 Å². The van der Waals surface area contributed by atoms with E-state index in [4.69, 9.17) is 18.0 Å². The van der Waals surface area contributed by atoms with Crippen LogP contribution in [0.2, 0.25) is 0 Å². The molecule has 2 rings (SSSR count). The second-order valence-electron chi connectivity index (χ2n) is 5.22. The number of nitrogens with two attached hydrogens (primary N) is 1. The number of hydrogen-bond donors (Lipinski definition) is 1. The molecule has 1 aromatic rings. The molecule has 0 spiro atoms. The lowest BCUT2D eigenvalue weighted by Gasteiger charge is -2.38. The lowest BCUT2D eigenvalue weighted by molar-refractivity contribution is 0.238. The average molecular weight is 293 g/mol. The molecule has 1 aliphatic heterocycles. The van der Waals surface area contributed by atoms with Crippen LogP contribution in [0.3, 0.4) is 0 Å². The Hall–Kier alpha value is -1.27. The molecule has 5 nitrogen and oxygen atoms in total. The normalized spacial score (nSPS) is 18.0. The predicted octanol–water partition coefficient (Wildman–Crippen LogP) is 1.23. The fraction of sp³-hybridized carbons (Fsp3) is 0.643. The fourth-order valence-corrected chi connectivity index (χ4v) is 2.62. The van der Waals surface area contributed by atoms with Gasteiger partial charge in [0.1, 0.15) is 12.1 Å². The van der Waals surface area contributed by atoms with E-state index in [1.807, 2.05) is 0 Å². The first kappa shape index (κ1) is 15.1. The zero-order chi connectivity index (χ0) is 14.5. The highest BCUT2D eigenvalue weighted by molar-refractivity contribution is 7.80. The van der Waals surface area contributed by atoms with Gasteiger partial charge in [0.05, 0.1) is 11.0 Å². The van der Waals surface area contributed by atoms with Crippen LogP contribution in [0.25, 0.3) is 0 Å². The smallest absolute Gasteiger partial charge is 0.132 e. The van der Waals surface area contributed by atoms with Crippen LogP contribution >= 0.6 is 12.2 Å². The topological polar surface area (TPSA) is 58.3 Å². The predicted molar refractivity (Wildman–Crippen MR) is 86.1 cm³/mol. The van der Waals surface area contributed by atoms with Gasteiger partial charge in [-0.05, 0) is 13.3 Å². The molecule has 0 bridgehead atoms. The van der Waals surface area contributed by atoms with Crippen molar-refractivity contribution >= 4 is 23.0 Å². The summed E-state index contributed by atoms with van der Waals surface area (Å²) in [6, 6.07) is 2.28. The Bertz CT molecular complexity index is 457. The van der Waals surface area contributed by atoms with Crippen LogP contribution in [0.5, 0.6) is 0 Å². The first-order valence-corrected chi connectivity index (χ1v) is 7.62. The molecule has 1 atom stereocenters. The van der Waals surface area contributed by atoms with Crippen molar-refractivity contribution in [1.82, 2.24) is 14.9 Å². The summed E-state index contributed by atoms with van der Waals surface area (Å²) in [5.74, 6) is 1.03. The summed E-state index contributed by atoms with van der Waals surface area (Å²) in [5, 5.41) is 0. The fourth-order valence-electron chi connectivity index (χ4n) is 2.47. The molecule has 0 aliphatic carbocycles. The summed E-state index contributed by atoms with van der Waals surface area (Å²) in [4.78, 5) is 13.9. The number of anilines is 1. The van der Waals surface area contributed by atoms with Crippen molar-refractivity contribution in [3.05, 3.63) is 18.1 Å². The maximum Gasteiger partial charge on any atom is 0.132 e. The largest absolute Gasteiger partial charge is 0.392 e. The van der Waals surface area contributed by atoms with E-state index in [-0.39, 0.29) is 6.04 Å². The molecular weight excluding hydrogens is 270 g/mol. The van der Waals surface area contributed by atoms with Crippen LogP contribution in [-0.4, -0.2) is 52.1 Å². The SMILES string of the molecule is CCCc1cc(N2CCN(C(C)C(N)=S)CC2)ncn1. The van der Waals surface area contributed by atoms with E-state index < -0.39 is 0 Å². The lowest BCUT2D eigenvalue weighted by atomic mass is 10.2. The number of aromatic nitrogens is 2. The second kappa shape index (κ2) is 6.95. The van der Waals surface area contributed by atoms with E-state index in [1.54, 1.807) is 6.33 Å². The zero-order valence-electron chi connectivity index (χ0n) is 12.2. The summed E-state index contributed by atoms with van der Waals surface area (Å²) in [6.07, 6.45) is 3.79. The van der Waals surface area contributed by atoms with E-state index in [9.17, 15) is 0 Å². The Morgan fingerprint density at radius 3 is 2.65 bits per heavy atom. The number of piperazine rings is 1. The van der Waals surface area contributed by atoms with Gasteiger partial charge in [-0.2, -0.15) is 0 Å². The van der Waals surface area contributed by atoms with Crippen molar-refractivity contribution in [3.8, 4) is 0 Å². The maximum absolute atomic E-state index is 5.72. The molecule has 1 unspecified atom stereocenters. The lowest BCUT2D eigenvalue weighted by Crippen LogP contribution is -2.52. The van der Waals surface area contributed by atoms with Crippen molar-refractivity contribution in [2.24, 2.45) is 5.73 Å². The van der Waals surface area contributed by atoms with Gasteiger partial charge < -0.3 is 10.6 Å². The number of thiocarbonyl (C=S) groups is 1. The van der Waals surface area contributed by atoms with Crippen LogP contribution in [0, 0.1) is 0 Å². The summed E-state index contributed by atoms with van der Waals surface area (Å²) in [6.45, 7) is 8.07. The van der Waals surface area contributed by atoms with Crippen LogP contribution in [0.15, 0.2) is 12.4 Å². The molecule has 0 amide bonds. The monoisotopic (exact) mass is 293 g/mol. The Morgan fingerprint density at radius 2 is 2.05 bits per heavy atom. The summed E-state index contributed by atoms with van der Waals surface area (Å²) in [7, 11) is 0. The van der Waals surface area contributed by atoms with Crippen molar-refractivity contribution in [2.45, 2.75) is 32.7 Å². The maximum atomic E-state index is 5.72. The van der Waals surface area contributed by atoms with Crippen LogP contribution < -0.4 is 10.6 Å². The average Bonchev–Trinajstić information content (AvgIpc) is 2.47. The van der Waals surface area contributed by atoms with Crippen molar-refractivity contribution < 1.29 is 0 Å². The van der Waals surface area contributed by atoms with Crippen molar-refractivity contribution in [2.75, 3.05) is 31.1 Å². The molecule has 0 radical (unpaired) electrons. The van der Waals surface area contributed by atoms with Crippen LogP contribution in [0.4, 0.5) is 5.82 Å². The molecule has 110 valence electrons. The van der Waals surface area contributed by atoms with E-state index >= 15 is 0 Å². The van der Waals surface area contributed by atoms with Gasteiger partial charge in [0.2, 0.25) is 0 Å². The third-order valence-electron chi connectivity index (χ3n) is 3.81. The van der Waals surface area contributed by atoms with E-state index in [0.717, 1.165) is 50.5 Å². The molecular formula is C14H23N5S. The molecule has 2 heterocycles. The van der Waals surface area contributed by atoms with Crippen molar-refractivity contribution in [3.63, 3.8) is 0 Å². The van der Waals surface area contributed by atoms with Gasteiger partial charge in [-0.1, -0.05) is 25.6 Å². The molecule has 1 aromatic heterocycles. The molecule has 20 heavy (non-hydrogen) atoms. The number of aryl methyl sites for hydroxylation is 1. The first-order valence-electron chi connectivity index (χ1n) is 7.21. The van der Waals surface area contributed by atoms with Gasteiger partial charge in [-0.25, -0.2) is 9.97 Å². The molecule has 6 heteroatoms. The number of rotatable bonds is 5. The highest BCUT2D eigenvalue weighted by Gasteiger charge is 2.23. The minimum Gasteiger partial charge on any atom is -0.392 e. The highest BCUT2D eigenvalue weighted by atomic mass is 32.1. The Morgan fingerprint density at radius 1 is 1.35 bits per heavy atom. The van der Waals surface area contributed by atoms with Crippen LogP contribution in [-0.2, 0) is 6.42 Å². The summed E-state index contributed by atoms with van der Waals surface area (Å²) < 4.78 is 0. The summed E-state index contributed by atoms with van der Waals surface area (Å²) >= 11 is 5.07. The van der Waals surface area contributed by atoms with Crippen molar-refractivity contribution in [1.29, 1.82) is 0 Å². The van der Waals surface area contributed by atoms with Gasteiger partial charge in [0.25, 0.3) is 0 Å². The first-order chi connectivity index (χ1) is 9.61. The molecule has 0 saturated carbocycles. The third kappa shape index (κ3) is 3.64. The minimum atomic E-state index is 0.174. The second-order valence-corrected chi connectivity index (χ2v) is 5.69. The molecule has 1 saturated heterocycles. The Balaban J connectivity index is 1.96. The number of nitrogens with zero attached hydrogens (tertiary/aromatic N) is 4. The quantitative estimate of drug-likeness (QED) is 0.824. The third-order valence-corrected chi connectivity index (χ3v) is 4.15. The summed E-state index contributed by atoms with van der Waals surface area (Å²) in [5.41, 5.74) is 6.84. The zero-order valence-corrected chi connectivity index (χ0v) is 13.1. The Kier molecular flexibility index (Phi) is 5.25. The highest BCUT2D eigenvalue weighted by Crippen LogP contribution is 2.15. The molecule has 0 aromatic carbocycles.